The van der Waals surface area contributed by atoms with Crippen LogP contribution in [0.25, 0.3) is 0 Å². The molecule has 0 amide bonds. The molecule has 0 unspecified atom stereocenters. The molecule has 0 saturated heterocycles. The third-order valence-electron chi connectivity index (χ3n) is 2.76. The van der Waals surface area contributed by atoms with Gasteiger partial charge in [0.2, 0.25) is 10.0 Å². The summed E-state index contributed by atoms with van der Waals surface area (Å²) in [5.74, 6) is -0.599. The number of esters is 1. The molecule has 0 heterocycles. The number of sulfonamides is 1. The van der Waals surface area contributed by atoms with E-state index in [1.165, 1.54) is 25.3 Å². The molecule has 106 valence electrons. The lowest BCUT2D eigenvalue weighted by atomic mass is 10.2. The first-order valence-electron chi connectivity index (χ1n) is 5.76. The molecule has 6 nitrogen and oxygen atoms in total. The number of aryl methyl sites for hydroxylation is 1. The van der Waals surface area contributed by atoms with Crippen LogP contribution in [0.3, 0.4) is 0 Å². The van der Waals surface area contributed by atoms with E-state index in [4.69, 9.17) is 5.73 Å². The fourth-order valence-corrected chi connectivity index (χ4v) is 3.01. The summed E-state index contributed by atoms with van der Waals surface area (Å²) < 4.78 is 30.3. The maximum atomic E-state index is 12.4. The van der Waals surface area contributed by atoms with E-state index in [1.807, 2.05) is 0 Å². The van der Waals surface area contributed by atoms with E-state index in [0.29, 0.717) is 11.3 Å². The summed E-state index contributed by atoms with van der Waals surface area (Å²) in [6, 6.07) is 4.45. The highest BCUT2D eigenvalue weighted by atomic mass is 32.2. The third-order valence-corrected chi connectivity index (χ3v) is 4.68. The Balaban J connectivity index is 3.13. The van der Waals surface area contributed by atoms with E-state index in [2.05, 4.69) is 4.74 Å². The number of anilines is 1. The van der Waals surface area contributed by atoms with Crippen LogP contribution >= 0.6 is 0 Å². The van der Waals surface area contributed by atoms with E-state index >= 15 is 0 Å². The van der Waals surface area contributed by atoms with E-state index in [9.17, 15) is 13.2 Å². The highest BCUT2D eigenvalue weighted by Crippen LogP contribution is 2.20. The maximum Gasteiger partial charge on any atom is 0.321 e. The molecule has 0 atom stereocenters. The molecule has 0 radical (unpaired) electrons. The van der Waals surface area contributed by atoms with Crippen LogP contribution in [0.2, 0.25) is 0 Å². The van der Waals surface area contributed by atoms with Gasteiger partial charge in [-0.25, -0.2) is 8.42 Å². The first-order chi connectivity index (χ1) is 8.82. The van der Waals surface area contributed by atoms with Crippen molar-refractivity contribution in [2.45, 2.75) is 18.7 Å². The van der Waals surface area contributed by atoms with Crippen molar-refractivity contribution in [2.24, 2.45) is 0 Å². The Morgan fingerprint density at radius 3 is 2.53 bits per heavy atom. The Kier molecular flexibility index (Phi) is 4.90. The van der Waals surface area contributed by atoms with Crippen molar-refractivity contribution in [1.29, 1.82) is 0 Å². The minimum absolute atomic E-state index is 0.116. The smallest absolute Gasteiger partial charge is 0.321 e. The zero-order valence-corrected chi connectivity index (χ0v) is 12.0. The van der Waals surface area contributed by atoms with Crippen molar-refractivity contribution in [3.05, 3.63) is 23.8 Å². The summed E-state index contributed by atoms with van der Waals surface area (Å²) >= 11 is 0. The number of carbonyl (C=O) groups excluding carboxylic acids is 1. The summed E-state index contributed by atoms with van der Waals surface area (Å²) in [5.41, 5.74) is 6.86. The number of ether oxygens (including phenoxy) is 1. The number of benzene rings is 1. The average Bonchev–Trinajstić information content (AvgIpc) is 2.38. The summed E-state index contributed by atoms with van der Waals surface area (Å²) in [6.07, 6.45) is 0. The average molecular weight is 286 g/mol. The number of hydrogen-bond donors (Lipinski definition) is 1. The molecule has 0 fully saturated rings. The quantitative estimate of drug-likeness (QED) is 0.637. The van der Waals surface area contributed by atoms with Crippen LogP contribution in [0.4, 0.5) is 5.69 Å². The minimum Gasteiger partial charge on any atom is -0.468 e. The van der Waals surface area contributed by atoms with Gasteiger partial charge in [-0.2, -0.15) is 4.31 Å². The molecule has 7 heteroatoms. The molecule has 0 aliphatic carbocycles. The molecule has 0 aromatic heterocycles. The number of methoxy groups -OCH3 is 1. The zero-order chi connectivity index (χ0) is 14.6. The van der Waals surface area contributed by atoms with Crippen LogP contribution in [-0.4, -0.2) is 38.9 Å². The number of nitrogens with zero attached hydrogens (tertiary/aromatic N) is 1. The van der Waals surface area contributed by atoms with Crippen LogP contribution in [0.1, 0.15) is 12.5 Å². The standard InChI is InChI=1S/C12H18N2O4S/c1-4-14(8-12(15)18-3)19(16,17)10-5-6-11(13)9(2)7-10/h5-7H,4,8,13H2,1-3H3. The lowest BCUT2D eigenvalue weighted by Crippen LogP contribution is -2.36. The topological polar surface area (TPSA) is 89.7 Å². The number of nitrogen functional groups attached to an aromatic ring is 1. The lowest BCUT2D eigenvalue weighted by molar-refractivity contribution is -0.140. The Morgan fingerprint density at radius 1 is 1.42 bits per heavy atom. The zero-order valence-electron chi connectivity index (χ0n) is 11.2. The molecule has 0 bridgehead atoms. The van der Waals surface area contributed by atoms with Gasteiger partial charge in [-0.15, -0.1) is 0 Å². The SMILES string of the molecule is CCN(CC(=O)OC)S(=O)(=O)c1ccc(N)c(C)c1. The second-order valence-electron chi connectivity index (χ2n) is 4.03. The van der Waals surface area contributed by atoms with E-state index in [0.717, 1.165) is 4.31 Å². The van der Waals surface area contributed by atoms with Crippen LogP contribution in [0.15, 0.2) is 23.1 Å². The Morgan fingerprint density at radius 2 is 2.05 bits per heavy atom. The van der Waals surface area contributed by atoms with E-state index in [1.54, 1.807) is 13.8 Å². The van der Waals surface area contributed by atoms with Gasteiger partial charge in [-0.1, -0.05) is 6.92 Å². The number of nitrogens with two attached hydrogens (primary N) is 1. The van der Waals surface area contributed by atoms with Crippen molar-refractivity contribution in [3.8, 4) is 0 Å². The largest absolute Gasteiger partial charge is 0.468 e. The first kappa shape index (κ1) is 15.5. The molecular formula is C12H18N2O4S. The number of hydrogen-bond acceptors (Lipinski definition) is 5. The van der Waals surface area contributed by atoms with Gasteiger partial charge in [-0.05, 0) is 30.7 Å². The Hall–Kier alpha value is -1.60. The van der Waals surface area contributed by atoms with Gasteiger partial charge in [0, 0.05) is 12.2 Å². The van der Waals surface area contributed by atoms with Crippen molar-refractivity contribution in [1.82, 2.24) is 4.31 Å². The van der Waals surface area contributed by atoms with E-state index < -0.39 is 16.0 Å². The van der Waals surface area contributed by atoms with Crippen molar-refractivity contribution in [3.63, 3.8) is 0 Å². The van der Waals surface area contributed by atoms with Crippen molar-refractivity contribution < 1.29 is 17.9 Å². The van der Waals surface area contributed by atoms with Gasteiger partial charge in [0.15, 0.2) is 0 Å². The summed E-state index contributed by atoms with van der Waals surface area (Å²) in [5, 5.41) is 0. The van der Waals surface area contributed by atoms with Gasteiger partial charge < -0.3 is 10.5 Å². The highest BCUT2D eigenvalue weighted by molar-refractivity contribution is 7.89. The molecule has 1 rings (SSSR count). The predicted octanol–water partition coefficient (Wildman–Crippen LogP) is 0.761. The molecule has 1 aromatic rings. The third kappa shape index (κ3) is 3.45. The lowest BCUT2D eigenvalue weighted by Gasteiger charge is -2.19. The summed E-state index contributed by atoms with van der Waals surface area (Å²) in [4.78, 5) is 11.3. The monoisotopic (exact) mass is 286 g/mol. The highest BCUT2D eigenvalue weighted by Gasteiger charge is 2.25. The molecule has 0 spiro atoms. The van der Waals surface area contributed by atoms with Crippen LogP contribution < -0.4 is 5.73 Å². The fraction of sp³-hybridized carbons (Fsp3) is 0.417. The molecule has 2 N–H and O–H groups in total. The van der Waals surface area contributed by atoms with Gasteiger partial charge in [-0.3, -0.25) is 4.79 Å². The maximum absolute atomic E-state index is 12.4. The minimum atomic E-state index is -3.72. The predicted molar refractivity (Wildman–Crippen MR) is 72.0 cm³/mol. The molecule has 0 aliphatic rings. The first-order valence-corrected chi connectivity index (χ1v) is 7.20. The number of rotatable bonds is 5. The second-order valence-corrected chi connectivity index (χ2v) is 5.96. The van der Waals surface area contributed by atoms with Gasteiger partial charge >= 0.3 is 5.97 Å². The van der Waals surface area contributed by atoms with Gasteiger partial charge in [0.1, 0.15) is 6.54 Å². The van der Waals surface area contributed by atoms with Crippen molar-refractivity contribution >= 4 is 21.7 Å². The van der Waals surface area contributed by atoms with Crippen LogP contribution in [0.5, 0.6) is 0 Å². The molecule has 19 heavy (non-hydrogen) atoms. The summed E-state index contributed by atoms with van der Waals surface area (Å²) in [7, 11) is -2.50. The number of carbonyl (C=O) groups is 1. The van der Waals surface area contributed by atoms with Crippen LogP contribution in [0, 0.1) is 6.92 Å². The second kappa shape index (κ2) is 6.03. The summed E-state index contributed by atoms with van der Waals surface area (Å²) in [6.45, 7) is 3.26. The fourth-order valence-electron chi connectivity index (χ4n) is 1.53. The van der Waals surface area contributed by atoms with E-state index in [-0.39, 0.29) is 18.0 Å². The number of likely N-dealkylation sites (N-methyl/N-ethyl adjacent to an activating group) is 1. The Bertz CT molecular complexity index is 569. The van der Waals surface area contributed by atoms with Crippen LogP contribution in [-0.2, 0) is 19.6 Å². The molecule has 0 aliphatic heterocycles. The van der Waals surface area contributed by atoms with Gasteiger partial charge in [0.05, 0.1) is 12.0 Å². The van der Waals surface area contributed by atoms with Crippen molar-refractivity contribution in [2.75, 3.05) is 25.9 Å². The van der Waals surface area contributed by atoms with Gasteiger partial charge in [0.25, 0.3) is 0 Å². The molecule has 0 saturated carbocycles. The normalized spacial score (nSPS) is 11.6. The Labute approximate surface area is 113 Å². The molecule has 1 aromatic carbocycles. The molecular weight excluding hydrogens is 268 g/mol.